The SMILES string of the molecule is C=CC(=O)N1CCC(O)(C(=O)N(C)[C@H](C(=O)N[C@H]2CC3=NNC(O3)c3ccc4c(c3)c(c(-c3cccnc3[C@H](C)OC)n4CC)CC(C)(C)COC(=O)[C@@H]3CCCN(N3)C2=O)C(C)C)C1. The van der Waals surface area contributed by atoms with E-state index in [4.69, 9.17) is 19.2 Å². The molecule has 1 aromatic carbocycles. The lowest BCUT2D eigenvalue weighted by Gasteiger charge is -2.37. The lowest BCUT2D eigenvalue weighted by atomic mass is 9.84. The van der Waals surface area contributed by atoms with Gasteiger partial charge in [-0.1, -0.05) is 40.3 Å². The van der Waals surface area contributed by atoms with Crippen molar-refractivity contribution in [1.82, 2.24) is 40.5 Å². The maximum atomic E-state index is 14.5. The summed E-state index contributed by atoms with van der Waals surface area (Å²) in [5.74, 6) is -3.16. The van der Waals surface area contributed by atoms with Gasteiger partial charge in [0, 0.05) is 73.9 Å². The van der Waals surface area contributed by atoms with Gasteiger partial charge in [0.1, 0.15) is 18.1 Å². The largest absolute Gasteiger partial charge is 0.464 e. The Kier molecular flexibility index (Phi) is 13.7. The normalized spacial score (nSPS) is 24.3. The molecule has 2 aromatic heterocycles. The first-order chi connectivity index (χ1) is 30.9. The van der Waals surface area contributed by atoms with Crippen LogP contribution >= 0.6 is 0 Å². The standard InChI is InChI=1S/C47H63N9O9/c1-10-37(57)54-21-18-47(62,25-54)45(61)53(8)39(27(3)4)41(58)49-34-23-36-50-51-42(65-36)29-16-17-35-31(22-29)32(40(55(35)11-2)30-14-12-19-48-38(30)28(5)63-9)24-46(6,7)26-64-44(60)33-15-13-20-56(52-33)43(34)59/h10,12,14,16-17,19,22,27-28,33-34,39,42,51-52,62H,1,11,13,15,18,20-21,23-26H2,2-9H3,(H,49,58)/t28-,33-,34-,39-,42?,47?/m0/s1. The maximum absolute atomic E-state index is 14.5. The van der Waals surface area contributed by atoms with E-state index >= 15 is 0 Å². The molecule has 2 unspecified atom stereocenters. The van der Waals surface area contributed by atoms with Crippen molar-refractivity contribution in [3.8, 4) is 11.3 Å². The summed E-state index contributed by atoms with van der Waals surface area (Å²) >= 11 is 0. The van der Waals surface area contributed by atoms with Gasteiger partial charge in [-0.15, -0.1) is 5.10 Å². The second-order valence-electron chi connectivity index (χ2n) is 18.7. The van der Waals surface area contributed by atoms with E-state index in [9.17, 15) is 29.1 Å². The highest BCUT2D eigenvalue weighted by Gasteiger charge is 2.48. The van der Waals surface area contributed by atoms with Gasteiger partial charge in [0.2, 0.25) is 23.9 Å². The van der Waals surface area contributed by atoms with Gasteiger partial charge < -0.3 is 39.0 Å². The van der Waals surface area contributed by atoms with Crippen molar-refractivity contribution in [3.05, 3.63) is 66.0 Å². The van der Waals surface area contributed by atoms with Gasteiger partial charge in [0.15, 0.2) is 5.60 Å². The number of aromatic nitrogens is 2. The van der Waals surface area contributed by atoms with E-state index < -0.39 is 70.9 Å². The molecule has 0 radical (unpaired) electrons. The van der Waals surface area contributed by atoms with Crippen molar-refractivity contribution in [3.63, 3.8) is 0 Å². The minimum absolute atomic E-state index is 0.0186. The van der Waals surface area contributed by atoms with E-state index in [1.807, 2.05) is 19.1 Å². The van der Waals surface area contributed by atoms with E-state index in [-0.39, 0.29) is 51.1 Å². The second kappa shape index (κ2) is 18.9. The number of likely N-dealkylation sites (tertiary alicyclic amines) is 1. The molecule has 6 bridgehead atoms. The maximum Gasteiger partial charge on any atom is 0.324 e. The highest BCUT2D eigenvalue weighted by molar-refractivity contribution is 5.97. The van der Waals surface area contributed by atoms with Crippen LogP contribution in [0.1, 0.15) is 96.4 Å². The van der Waals surface area contributed by atoms with Crippen LogP contribution in [0.4, 0.5) is 0 Å². The number of benzene rings is 1. The number of likely N-dealkylation sites (N-methyl/N-ethyl adjacent to an activating group) is 1. The van der Waals surface area contributed by atoms with Crippen molar-refractivity contribution >= 4 is 46.4 Å². The number of pyridine rings is 1. The van der Waals surface area contributed by atoms with Crippen molar-refractivity contribution in [2.45, 2.75) is 116 Å². The zero-order valence-corrected chi connectivity index (χ0v) is 38.7. The number of amides is 4. The molecule has 0 aliphatic carbocycles. The number of rotatable bonds is 10. The van der Waals surface area contributed by atoms with Crippen molar-refractivity contribution < 1.29 is 43.3 Å². The molecule has 2 fully saturated rings. The zero-order valence-electron chi connectivity index (χ0n) is 38.7. The molecule has 18 nitrogen and oxygen atoms in total. The van der Waals surface area contributed by atoms with Crippen molar-refractivity contribution in [1.29, 1.82) is 0 Å². The average molecular weight is 898 g/mol. The van der Waals surface area contributed by atoms with Crippen molar-refractivity contribution in [2.24, 2.45) is 16.4 Å². The summed E-state index contributed by atoms with van der Waals surface area (Å²) in [6.07, 6.45) is 3.11. The Morgan fingerprint density at radius 2 is 1.94 bits per heavy atom. The Morgan fingerprint density at radius 3 is 2.65 bits per heavy atom. The quantitative estimate of drug-likeness (QED) is 0.170. The molecule has 65 heavy (non-hydrogen) atoms. The Morgan fingerprint density at radius 1 is 1.17 bits per heavy atom. The molecule has 4 amide bonds. The number of hydrogen-bond donors (Lipinski definition) is 4. The van der Waals surface area contributed by atoms with Gasteiger partial charge in [0.05, 0.1) is 37.1 Å². The molecule has 4 aliphatic rings. The smallest absolute Gasteiger partial charge is 0.324 e. The number of hydrogen-bond acceptors (Lipinski definition) is 13. The number of carbonyl (C=O) groups is 5. The van der Waals surface area contributed by atoms with Crippen LogP contribution < -0.4 is 16.2 Å². The molecule has 0 saturated carbocycles. The van der Waals surface area contributed by atoms with E-state index in [0.717, 1.165) is 45.1 Å². The fraction of sp³-hybridized carbons (Fsp3) is 0.553. The molecule has 4 aliphatic heterocycles. The number of cyclic esters (lactones) is 1. The zero-order chi connectivity index (χ0) is 47.0. The van der Waals surface area contributed by atoms with Crippen molar-refractivity contribution in [2.75, 3.05) is 40.4 Å². The first kappa shape index (κ1) is 47.1. The summed E-state index contributed by atoms with van der Waals surface area (Å²) in [5, 5.41) is 21.1. The van der Waals surface area contributed by atoms with Gasteiger partial charge in [-0.2, -0.15) is 0 Å². The lowest BCUT2D eigenvalue weighted by molar-refractivity contribution is -0.156. The average Bonchev–Trinajstić information content (AvgIpc) is 4.02. The van der Waals surface area contributed by atoms with Crippen LogP contribution in [0.15, 0.2) is 54.3 Å². The number of fused-ring (bicyclic) bond motifs is 6. The van der Waals surface area contributed by atoms with Crippen LogP contribution in [-0.2, 0) is 51.1 Å². The highest BCUT2D eigenvalue weighted by Crippen LogP contribution is 2.42. The molecule has 7 rings (SSSR count). The molecule has 3 aromatic rings. The predicted molar refractivity (Wildman–Crippen MR) is 241 cm³/mol. The summed E-state index contributed by atoms with van der Waals surface area (Å²) in [5.41, 5.74) is 9.23. The monoisotopic (exact) mass is 897 g/mol. The number of esters is 1. The van der Waals surface area contributed by atoms with Crippen LogP contribution in [0, 0.1) is 11.3 Å². The number of carbonyl (C=O) groups excluding carboxylic acids is 5. The molecular weight excluding hydrogens is 835 g/mol. The number of nitrogens with one attached hydrogen (secondary N) is 3. The van der Waals surface area contributed by atoms with Crippen LogP contribution in [0.5, 0.6) is 0 Å². The van der Waals surface area contributed by atoms with Gasteiger partial charge in [-0.05, 0) is 74.9 Å². The van der Waals surface area contributed by atoms with Gasteiger partial charge >= 0.3 is 5.97 Å². The number of aryl methyl sites for hydroxylation is 1. The third-order valence-corrected chi connectivity index (χ3v) is 13.0. The minimum atomic E-state index is -1.92. The molecule has 6 atom stereocenters. The molecule has 350 valence electrons. The first-order valence-electron chi connectivity index (χ1n) is 22.5. The number of β-amino-alcohol motifs (C(OH)–C–C–N with tert-alkyl or cyclic N) is 1. The third kappa shape index (κ3) is 9.47. The second-order valence-corrected chi connectivity index (χ2v) is 18.7. The van der Waals surface area contributed by atoms with Crippen LogP contribution in [0.25, 0.3) is 22.2 Å². The molecular formula is C47H63N9O9. The van der Waals surface area contributed by atoms with E-state index in [0.29, 0.717) is 25.8 Å². The number of methoxy groups -OCH3 is 1. The summed E-state index contributed by atoms with van der Waals surface area (Å²) < 4.78 is 20.6. The molecule has 4 N–H and O–H groups in total. The van der Waals surface area contributed by atoms with Crippen LogP contribution in [0.2, 0.25) is 0 Å². The summed E-state index contributed by atoms with van der Waals surface area (Å²) in [7, 11) is 3.09. The number of hydrazine groups is 1. The Labute approximate surface area is 379 Å². The van der Waals surface area contributed by atoms with Gasteiger partial charge in [-0.25, -0.2) is 5.43 Å². The molecule has 18 heteroatoms. The van der Waals surface area contributed by atoms with E-state index in [1.165, 1.54) is 21.9 Å². The molecule has 6 heterocycles. The number of aliphatic hydroxyl groups is 1. The Balaban J connectivity index is 1.24. The fourth-order valence-electron chi connectivity index (χ4n) is 9.53. The topological polar surface area (TPSA) is 209 Å². The summed E-state index contributed by atoms with van der Waals surface area (Å²) in [6.45, 7) is 16.1. The fourth-order valence-corrected chi connectivity index (χ4v) is 9.53. The molecule has 0 spiro atoms. The Bertz CT molecular complexity index is 2380. The minimum Gasteiger partial charge on any atom is -0.464 e. The lowest BCUT2D eigenvalue weighted by Crippen LogP contribution is -2.63. The summed E-state index contributed by atoms with van der Waals surface area (Å²) in [4.78, 5) is 76.3. The van der Waals surface area contributed by atoms with E-state index in [1.54, 1.807) is 27.2 Å². The van der Waals surface area contributed by atoms with E-state index in [2.05, 4.69) is 71.4 Å². The summed E-state index contributed by atoms with van der Waals surface area (Å²) in [6, 6.07) is 6.85. The third-order valence-electron chi connectivity index (χ3n) is 13.0. The Hall–Kier alpha value is -5.85. The first-order valence-corrected chi connectivity index (χ1v) is 22.5. The highest BCUT2D eigenvalue weighted by atomic mass is 16.5. The predicted octanol–water partition coefficient (Wildman–Crippen LogP) is 3.49. The number of nitrogens with zero attached hydrogens (tertiary/aromatic N) is 6. The number of hydrazone groups is 1. The van der Waals surface area contributed by atoms with Crippen LogP contribution in [-0.4, -0.2) is 129 Å². The van der Waals surface area contributed by atoms with Gasteiger partial charge in [-0.3, -0.25) is 39.4 Å². The van der Waals surface area contributed by atoms with Gasteiger partial charge in [0.25, 0.3) is 11.8 Å². The molecule has 2 saturated heterocycles. The number of ether oxygens (including phenoxy) is 3. The van der Waals surface area contributed by atoms with Crippen LogP contribution in [0.3, 0.4) is 0 Å².